The van der Waals surface area contributed by atoms with Crippen LogP contribution in [0.3, 0.4) is 0 Å². The average molecular weight is 431 g/mol. The van der Waals surface area contributed by atoms with Crippen molar-refractivity contribution in [1.82, 2.24) is 0 Å². The molecule has 0 radical (unpaired) electrons. The fourth-order valence-electron chi connectivity index (χ4n) is 4.58. The van der Waals surface area contributed by atoms with Gasteiger partial charge in [-0.25, -0.2) is 4.57 Å². The second-order valence-corrected chi connectivity index (χ2v) is 9.91. The fraction of sp³-hybridized carbons (Fsp3) is 0.833. The van der Waals surface area contributed by atoms with Crippen molar-refractivity contribution in [1.29, 1.82) is 0 Å². The minimum atomic E-state index is 1.19. The van der Waals surface area contributed by atoms with Gasteiger partial charge in [0, 0.05) is 18.6 Å². The van der Waals surface area contributed by atoms with Gasteiger partial charge in [-0.2, -0.15) is 0 Å². The highest BCUT2D eigenvalue weighted by Gasteiger charge is 2.02. The fourth-order valence-corrected chi connectivity index (χ4v) is 4.58. The summed E-state index contributed by atoms with van der Waals surface area (Å²) in [4.78, 5) is 0. The monoisotopic (exact) mass is 430 g/mol. The third-order valence-corrected chi connectivity index (χ3v) is 6.80. The van der Waals surface area contributed by atoms with E-state index in [-0.39, 0.29) is 0 Å². The molecule has 0 aliphatic heterocycles. The first-order chi connectivity index (χ1) is 15.4. The first-order valence-electron chi connectivity index (χ1n) is 14.3. The summed E-state index contributed by atoms with van der Waals surface area (Å²) in [6.07, 6.45) is 35.8. The Bertz CT molecular complexity index is 464. The molecule has 0 fully saturated rings. The predicted octanol–water partition coefficient (Wildman–Crippen LogP) is 9.75. The summed E-state index contributed by atoms with van der Waals surface area (Å²) >= 11 is 0. The van der Waals surface area contributed by atoms with Crippen molar-refractivity contribution in [2.24, 2.45) is 0 Å². The maximum Gasteiger partial charge on any atom is 0.169 e. The Hall–Kier alpha value is -0.850. The Morgan fingerprint density at radius 1 is 0.452 bits per heavy atom. The molecule has 1 aromatic rings. The maximum absolute atomic E-state index is 2.38. The highest BCUT2D eigenvalue weighted by atomic mass is 14.9. The Labute approximate surface area is 196 Å². The molecule has 180 valence electrons. The molecule has 1 rings (SSSR count). The van der Waals surface area contributed by atoms with E-state index in [2.05, 4.69) is 42.9 Å². The number of aryl methyl sites for hydroxylation is 2. The average Bonchev–Trinajstić information content (AvgIpc) is 2.79. The number of nitrogens with zero attached hydrogens (tertiary/aromatic N) is 1. The van der Waals surface area contributed by atoms with Gasteiger partial charge in [-0.05, 0) is 24.8 Å². The van der Waals surface area contributed by atoms with E-state index in [1.807, 2.05) is 0 Å². The minimum absolute atomic E-state index is 1.19. The van der Waals surface area contributed by atoms with E-state index >= 15 is 0 Å². The van der Waals surface area contributed by atoms with Gasteiger partial charge in [0.25, 0.3) is 0 Å². The Morgan fingerprint density at radius 3 is 1.23 bits per heavy atom. The molecule has 0 amide bonds. The third-order valence-electron chi connectivity index (χ3n) is 6.80. The van der Waals surface area contributed by atoms with Crippen LogP contribution in [0, 0.1) is 0 Å². The summed E-state index contributed by atoms with van der Waals surface area (Å²) in [6.45, 7) is 5.78. The second-order valence-electron chi connectivity index (χ2n) is 9.91. The largest absolute Gasteiger partial charge is 0.205 e. The van der Waals surface area contributed by atoms with Gasteiger partial charge >= 0.3 is 0 Å². The molecule has 0 unspecified atom stereocenters. The van der Waals surface area contributed by atoms with Crippen molar-refractivity contribution in [3.8, 4) is 0 Å². The van der Waals surface area contributed by atoms with Crippen LogP contribution in [-0.4, -0.2) is 0 Å². The summed E-state index contributed by atoms with van der Waals surface area (Å²) < 4.78 is 2.38. The number of aromatic nitrogens is 1. The van der Waals surface area contributed by atoms with Gasteiger partial charge in [-0.1, -0.05) is 129 Å². The first kappa shape index (κ1) is 28.2. The molecule has 0 spiro atoms. The van der Waals surface area contributed by atoms with Crippen molar-refractivity contribution in [2.45, 2.75) is 162 Å². The van der Waals surface area contributed by atoms with E-state index in [4.69, 9.17) is 0 Å². The summed E-state index contributed by atoms with van der Waals surface area (Å²) in [5, 5.41) is 0. The van der Waals surface area contributed by atoms with Gasteiger partial charge in [0.1, 0.15) is 6.54 Å². The van der Waals surface area contributed by atoms with Gasteiger partial charge in [0.15, 0.2) is 12.4 Å². The number of pyridine rings is 1. The van der Waals surface area contributed by atoms with Crippen molar-refractivity contribution in [3.63, 3.8) is 0 Å². The van der Waals surface area contributed by atoms with Crippen LogP contribution >= 0.6 is 0 Å². The summed E-state index contributed by atoms with van der Waals surface area (Å²) in [7, 11) is 0. The molecule has 0 aliphatic carbocycles. The van der Waals surface area contributed by atoms with Gasteiger partial charge in [0.05, 0.1) is 0 Å². The predicted molar refractivity (Wildman–Crippen MR) is 139 cm³/mol. The Morgan fingerprint density at radius 2 is 0.806 bits per heavy atom. The highest BCUT2D eigenvalue weighted by Crippen LogP contribution is 2.13. The lowest BCUT2D eigenvalue weighted by molar-refractivity contribution is -0.697. The SMILES string of the molecule is CCCCCCCCCCCCCCCc1cc[n+](CCCCCCCCCC)cc1. The zero-order chi connectivity index (χ0) is 22.2. The van der Waals surface area contributed by atoms with Crippen LogP contribution in [0.2, 0.25) is 0 Å². The van der Waals surface area contributed by atoms with Crippen molar-refractivity contribution >= 4 is 0 Å². The zero-order valence-electron chi connectivity index (χ0n) is 21.5. The van der Waals surface area contributed by atoms with Gasteiger partial charge < -0.3 is 0 Å². The topological polar surface area (TPSA) is 3.88 Å². The van der Waals surface area contributed by atoms with E-state index in [0.717, 1.165) is 0 Å². The van der Waals surface area contributed by atoms with Crippen LogP contribution < -0.4 is 4.57 Å². The molecular weight excluding hydrogens is 374 g/mol. The number of unbranched alkanes of at least 4 members (excludes halogenated alkanes) is 19. The van der Waals surface area contributed by atoms with Gasteiger partial charge in [-0.3, -0.25) is 0 Å². The zero-order valence-corrected chi connectivity index (χ0v) is 21.5. The van der Waals surface area contributed by atoms with Gasteiger partial charge in [0.2, 0.25) is 0 Å². The molecule has 0 bridgehead atoms. The molecule has 0 N–H and O–H groups in total. The molecular formula is C30H56N+. The number of rotatable bonds is 23. The van der Waals surface area contributed by atoms with Crippen molar-refractivity contribution < 1.29 is 4.57 Å². The molecule has 1 aromatic heterocycles. The molecule has 0 aliphatic rings. The Kier molecular flexibility index (Phi) is 20.3. The Balaban J connectivity index is 1.89. The van der Waals surface area contributed by atoms with Gasteiger partial charge in [-0.15, -0.1) is 0 Å². The number of hydrogen-bond acceptors (Lipinski definition) is 0. The minimum Gasteiger partial charge on any atom is -0.205 e. The van der Waals surface area contributed by atoms with Crippen LogP contribution in [-0.2, 0) is 13.0 Å². The van der Waals surface area contributed by atoms with Crippen LogP contribution in [0.1, 0.15) is 154 Å². The maximum atomic E-state index is 2.38. The molecule has 0 saturated carbocycles. The molecule has 1 heteroatoms. The van der Waals surface area contributed by atoms with Crippen molar-refractivity contribution in [2.75, 3.05) is 0 Å². The van der Waals surface area contributed by atoms with E-state index in [1.54, 1.807) is 0 Å². The molecule has 1 nitrogen and oxygen atoms in total. The van der Waals surface area contributed by atoms with E-state index in [0.29, 0.717) is 0 Å². The van der Waals surface area contributed by atoms with E-state index in [9.17, 15) is 0 Å². The summed E-state index contributed by atoms with van der Waals surface area (Å²) in [6, 6.07) is 4.70. The molecule has 31 heavy (non-hydrogen) atoms. The van der Waals surface area contributed by atoms with Crippen molar-refractivity contribution in [3.05, 3.63) is 30.1 Å². The first-order valence-corrected chi connectivity index (χ1v) is 14.3. The molecule has 0 saturated heterocycles. The summed E-state index contributed by atoms with van der Waals surface area (Å²) in [5.74, 6) is 0. The lowest BCUT2D eigenvalue weighted by Gasteiger charge is -2.04. The quantitative estimate of drug-likeness (QED) is 0.120. The van der Waals surface area contributed by atoms with Crippen LogP contribution in [0.15, 0.2) is 24.5 Å². The molecule has 0 aromatic carbocycles. The second kappa shape index (κ2) is 22.3. The number of hydrogen-bond donors (Lipinski definition) is 0. The molecule has 1 heterocycles. The standard InChI is InChI=1S/C30H56N/c1-3-5-7-9-11-13-14-15-16-17-18-20-22-24-30-25-28-31(29-26-30)27-23-21-19-12-10-8-6-4-2/h25-26,28-29H,3-24,27H2,1-2H3/q+1. The molecule has 0 atom stereocenters. The smallest absolute Gasteiger partial charge is 0.169 e. The normalized spacial score (nSPS) is 11.3. The lowest BCUT2D eigenvalue weighted by atomic mass is 10.0. The lowest BCUT2D eigenvalue weighted by Crippen LogP contribution is -2.32. The van der Waals surface area contributed by atoms with E-state index < -0.39 is 0 Å². The van der Waals surface area contributed by atoms with Crippen LogP contribution in [0.5, 0.6) is 0 Å². The van der Waals surface area contributed by atoms with Crippen LogP contribution in [0.25, 0.3) is 0 Å². The highest BCUT2D eigenvalue weighted by molar-refractivity contribution is 5.07. The van der Waals surface area contributed by atoms with E-state index in [1.165, 1.54) is 153 Å². The summed E-state index contributed by atoms with van der Waals surface area (Å²) in [5.41, 5.74) is 1.52. The third kappa shape index (κ3) is 18.4. The van der Waals surface area contributed by atoms with Crippen LogP contribution in [0.4, 0.5) is 0 Å².